The molecule has 0 bridgehead atoms. The Bertz CT molecular complexity index is 593. The predicted octanol–water partition coefficient (Wildman–Crippen LogP) is 3.28. The van der Waals surface area contributed by atoms with Crippen molar-refractivity contribution >= 4 is 11.3 Å². The van der Waals surface area contributed by atoms with E-state index in [1.165, 1.54) is 56.9 Å². The second kappa shape index (κ2) is 9.19. The molecule has 1 aromatic heterocycles. The summed E-state index contributed by atoms with van der Waals surface area (Å²) in [6, 6.07) is 2.19. The van der Waals surface area contributed by atoms with Crippen LogP contribution < -0.4 is 0 Å². The lowest BCUT2D eigenvalue weighted by atomic mass is 9.83. The van der Waals surface area contributed by atoms with E-state index >= 15 is 0 Å². The highest BCUT2D eigenvalue weighted by molar-refractivity contribution is 7.10. The third-order valence-corrected chi connectivity index (χ3v) is 6.50. The summed E-state index contributed by atoms with van der Waals surface area (Å²) < 4.78 is 0. The molecule has 3 nitrogen and oxygen atoms in total. The quantitative estimate of drug-likeness (QED) is 0.817. The van der Waals surface area contributed by atoms with Gasteiger partial charge in [0.25, 0.3) is 0 Å². The van der Waals surface area contributed by atoms with E-state index in [0.717, 1.165) is 29.9 Å². The van der Waals surface area contributed by atoms with Crippen LogP contribution in [0.15, 0.2) is 11.4 Å². The van der Waals surface area contributed by atoms with Gasteiger partial charge < -0.3 is 10.0 Å². The van der Waals surface area contributed by atoms with Crippen LogP contribution in [-0.2, 0) is 6.54 Å². The molecular formula is C21H32N2OS. The number of thiophene rings is 1. The summed E-state index contributed by atoms with van der Waals surface area (Å²) in [5.74, 6) is 8.36. The van der Waals surface area contributed by atoms with Crippen molar-refractivity contribution < 1.29 is 5.11 Å². The normalized spacial score (nSPS) is 23.1. The summed E-state index contributed by atoms with van der Waals surface area (Å²) in [7, 11) is 0. The molecule has 2 aliphatic heterocycles. The number of aliphatic hydroxyl groups is 1. The van der Waals surface area contributed by atoms with E-state index in [-0.39, 0.29) is 6.61 Å². The molecule has 0 aliphatic carbocycles. The number of rotatable bonds is 5. The van der Waals surface area contributed by atoms with Crippen molar-refractivity contribution in [2.45, 2.75) is 39.7 Å². The molecular weight excluding hydrogens is 328 g/mol. The van der Waals surface area contributed by atoms with Gasteiger partial charge in [0.15, 0.2) is 0 Å². The standard InChI is InChI=1S/C21H32N2OS/c1-17(2)13-22-8-5-19(6-9-22)20-7-10-23(14-20)15-21-12-18(16-25-21)4-3-11-24/h12,16-17,19-20,24H,5-11,13-15H2,1-2H3/t20-/m1/s1. The van der Waals surface area contributed by atoms with Crippen molar-refractivity contribution in [2.24, 2.45) is 17.8 Å². The molecule has 0 unspecified atom stereocenters. The van der Waals surface area contributed by atoms with Crippen LogP contribution in [0.25, 0.3) is 0 Å². The first kappa shape index (κ1) is 18.9. The van der Waals surface area contributed by atoms with E-state index in [2.05, 4.69) is 46.9 Å². The molecule has 2 aliphatic rings. The number of likely N-dealkylation sites (tertiary alicyclic amines) is 2. The Morgan fingerprint density at radius 2 is 1.88 bits per heavy atom. The van der Waals surface area contributed by atoms with Crippen LogP contribution in [-0.4, -0.2) is 54.2 Å². The van der Waals surface area contributed by atoms with Gasteiger partial charge >= 0.3 is 0 Å². The Labute approximate surface area is 157 Å². The molecule has 0 spiro atoms. The maximum absolute atomic E-state index is 8.79. The van der Waals surface area contributed by atoms with Gasteiger partial charge in [0.1, 0.15) is 6.61 Å². The van der Waals surface area contributed by atoms with Crippen molar-refractivity contribution in [3.63, 3.8) is 0 Å². The molecule has 3 heterocycles. The van der Waals surface area contributed by atoms with Crippen LogP contribution in [0.4, 0.5) is 0 Å². The van der Waals surface area contributed by atoms with Crippen molar-refractivity contribution in [1.82, 2.24) is 9.80 Å². The number of aliphatic hydroxyl groups excluding tert-OH is 1. The number of hydrogen-bond acceptors (Lipinski definition) is 4. The fourth-order valence-electron chi connectivity index (χ4n) is 4.41. The zero-order chi connectivity index (χ0) is 17.6. The molecule has 2 fully saturated rings. The SMILES string of the molecule is CC(C)CN1CCC([C@@H]2CCN(Cc3cc(C#CCO)cs3)C2)CC1. The average molecular weight is 361 g/mol. The summed E-state index contributed by atoms with van der Waals surface area (Å²) in [5.41, 5.74) is 1.04. The van der Waals surface area contributed by atoms with Crippen LogP contribution in [0.5, 0.6) is 0 Å². The molecule has 2 saturated heterocycles. The maximum Gasteiger partial charge on any atom is 0.104 e. The Balaban J connectivity index is 1.44. The highest BCUT2D eigenvalue weighted by Gasteiger charge is 2.31. The van der Waals surface area contributed by atoms with E-state index in [1.807, 2.05) is 0 Å². The minimum Gasteiger partial charge on any atom is -0.384 e. The first-order valence-electron chi connectivity index (χ1n) is 9.76. The van der Waals surface area contributed by atoms with E-state index in [0.29, 0.717) is 0 Å². The largest absolute Gasteiger partial charge is 0.384 e. The molecule has 0 aromatic carbocycles. The predicted molar refractivity (Wildman–Crippen MR) is 106 cm³/mol. The van der Waals surface area contributed by atoms with Crippen LogP contribution in [0, 0.1) is 29.6 Å². The molecule has 1 atom stereocenters. The second-order valence-corrected chi connectivity index (χ2v) is 9.07. The Hall–Kier alpha value is -0.860. The lowest BCUT2D eigenvalue weighted by Gasteiger charge is -2.35. The second-order valence-electron chi connectivity index (χ2n) is 8.08. The van der Waals surface area contributed by atoms with Crippen LogP contribution >= 0.6 is 11.3 Å². The lowest BCUT2D eigenvalue weighted by Crippen LogP contribution is -2.38. The minimum atomic E-state index is -0.0605. The van der Waals surface area contributed by atoms with E-state index in [4.69, 9.17) is 5.11 Å². The molecule has 1 aromatic rings. The van der Waals surface area contributed by atoms with Crippen molar-refractivity contribution in [2.75, 3.05) is 39.3 Å². The monoisotopic (exact) mass is 360 g/mol. The number of nitrogens with zero attached hydrogens (tertiary/aromatic N) is 2. The molecule has 0 saturated carbocycles. The van der Waals surface area contributed by atoms with Gasteiger partial charge in [0.05, 0.1) is 0 Å². The smallest absolute Gasteiger partial charge is 0.104 e. The molecule has 25 heavy (non-hydrogen) atoms. The zero-order valence-corrected chi connectivity index (χ0v) is 16.5. The zero-order valence-electron chi connectivity index (χ0n) is 15.7. The summed E-state index contributed by atoms with van der Waals surface area (Å²) >= 11 is 1.80. The third kappa shape index (κ3) is 5.56. The summed E-state index contributed by atoms with van der Waals surface area (Å²) in [6.45, 7) is 12.0. The van der Waals surface area contributed by atoms with Crippen molar-refractivity contribution in [3.8, 4) is 11.8 Å². The Kier molecular flexibility index (Phi) is 6.95. The third-order valence-electron chi connectivity index (χ3n) is 5.58. The number of piperidine rings is 1. The van der Waals surface area contributed by atoms with Gasteiger partial charge in [-0.25, -0.2) is 0 Å². The van der Waals surface area contributed by atoms with Crippen LogP contribution in [0.3, 0.4) is 0 Å². The highest BCUT2D eigenvalue weighted by atomic mass is 32.1. The molecule has 4 heteroatoms. The topological polar surface area (TPSA) is 26.7 Å². The first-order chi connectivity index (χ1) is 12.1. The van der Waals surface area contributed by atoms with Crippen molar-refractivity contribution in [1.29, 1.82) is 0 Å². The van der Waals surface area contributed by atoms with Gasteiger partial charge in [0, 0.05) is 35.5 Å². The summed E-state index contributed by atoms with van der Waals surface area (Å²) in [6.07, 6.45) is 4.16. The van der Waals surface area contributed by atoms with Gasteiger partial charge in [-0.1, -0.05) is 25.7 Å². The minimum absolute atomic E-state index is 0.0605. The van der Waals surface area contributed by atoms with E-state index in [1.54, 1.807) is 11.3 Å². The molecule has 3 rings (SSSR count). The van der Waals surface area contributed by atoms with Crippen molar-refractivity contribution in [3.05, 3.63) is 21.9 Å². The average Bonchev–Trinajstić information content (AvgIpc) is 3.23. The Morgan fingerprint density at radius 1 is 1.16 bits per heavy atom. The highest BCUT2D eigenvalue weighted by Crippen LogP contribution is 2.33. The molecule has 0 amide bonds. The fraction of sp³-hybridized carbons (Fsp3) is 0.714. The van der Waals surface area contributed by atoms with E-state index < -0.39 is 0 Å². The number of hydrogen-bond donors (Lipinski definition) is 1. The maximum atomic E-state index is 8.79. The van der Waals surface area contributed by atoms with Gasteiger partial charge in [-0.3, -0.25) is 4.90 Å². The summed E-state index contributed by atoms with van der Waals surface area (Å²) in [5, 5.41) is 10.9. The van der Waals surface area contributed by atoms with Gasteiger partial charge in [0.2, 0.25) is 0 Å². The fourth-order valence-corrected chi connectivity index (χ4v) is 5.26. The molecule has 0 radical (unpaired) electrons. The van der Waals surface area contributed by atoms with Crippen LogP contribution in [0.1, 0.15) is 43.6 Å². The van der Waals surface area contributed by atoms with Gasteiger partial charge in [-0.15, -0.1) is 11.3 Å². The molecule has 138 valence electrons. The van der Waals surface area contributed by atoms with Crippen LogP contribution in [0.2, 0.25) is 0 Å². The molecule has 1 N–H and O–H groups in total. The Morgan fingerprint density at radius 3 is 2.60 bits per heavy atom. The first-order valence-corrected chi connectivity index (χ1v) is 10.6. The van der Waals surface area contributed by atoms with E-state index in [9.17, 15) is 0 Å². The lowest BCUT2D eigenvalue weighted by molar-refractivity contribution is 0.135. The van der Waals surface area contributed by atoms with Gasteiger partial charge in [-0.05, 0) is 62.7 Å². The van der Waals surface area contributed by atoms with Gasteiger partial charge in [-0.2, -0.15) is 0 Å². The summed E-state index contributed by atoms with van der Waals surface area (Å²) in [4.78, 5) is 6.68.